The lowest BCUT2D eigenvalue weighted by Gasteiger charge is -1.97. The van der Waals surface area contributed by atoms with Crippen molar-refractivity contribution in [2.75, 3.05) is 13.7 Å². The van der Waals surface area contributed by atoms with Crippen molar-refractivity contribution >= 4 is 17.8 Å². The highest BCUT2D eigenvalue weighted by atomic mass is 16.8. The summed E-state index contributed by atoms with van der Waals surface area (Å²) in [5.74, 6) is -0.959. The highest BCUT2D eigenvalue weighted by Gasteiger charge is 2.13. The molecule has 7 nitrogen and oxygen atoms in total. The number of hydrogen-bond acceptors (Lipinski definition) is 7. The predicted octanol–water partition coefficient (Wildman–Crippen LogP) is 0.212. The second-order valence-corrected chi connectivity index (χ2v) is 1.82. The van der Waals surface area contributed by atoms with E-state index in [1.807, 2.05) is 0 Å². The van der Waals surface area contributed by atoms with E-state index < -0.39 is 17.8 Å². The molecule has 0 radical (unpaired) electrons. The van der Waals surface area contributed by atoms with Gasteiger partial charge in [0.15, 0.2) is 0 Å². The Kier molecular flexibility index (Phi) is 5.46. The molecule has 0 atom stereocenters. The SMILES string of the molecule is CCOC(=O)C(C#N)=NOC(=O)OC. The summed E-state index contributed by atoms with van der Waals surface area (Å²) in [6.45, 7) is 1.66. The Morgan fingerprint density at radius 1 is 1.50 bits per heavy atom. The number of nitrogens with zero attached hydrogens (tertiary/aromatic N) is 2. The van der Waals surface area contributed by atoms with Crippen molar-refractivity contribution in [1.29, 1.82) is 5.26 Å². The normalized spacial score (nSPS) is 9.93. The number of carbonyl (C=O) groups is 2. The Balaban J connectivity index is 4.34. The lowest BCUT2D eigenvalue weighted by atomic mass is 10.4. The van der Waals surface area contributed by atoms with Gasteiger partial charge in [0.25, 0.3) is 5.71 Å². The van der Waals surface area contributed by atoms with Gasteiger partial charge in [-0.1, -0.05) is 5.16 Å². The summed E-state index contributed by atoms with van der Waals surface area (Å²) in [6.07, 6.45) is -1.12. The van der Waals surface area contributed by atoms with E-state index in [0.29, 0.717) is 0 Å². The molecule has 0 spiro atoms. The third kappa shape index (κ3) is 4.06. The van der Waals surface area contributed by atoms with E-state index in [4.69, 9.17) is 5.26 Å². The van der Waals surface area contributed by atoms with Gasteiger partial charge in [-0.2, -0.15) is 5.26 Å². The number of nitriles is 1. The first-order valence-electron chi connectivity index (χ1n) is 3.55. The fourth-order valence-electron chi connectivity index (χ4n) is 0.423. The van der Waals surface area contributed by atoms with Gasteiger partial charge in [-0.15, -0.1) is 0 Å². The van der Waals surface area contributed by atoms with Crippen LogP contribution in [0.15, 0.2) is 5.16 Å². The molecule has 0 aliphatic rings. The largest absolute Gasteiger partial charge is 0.534 e. The molecule has 0 aromatic heterocycles. The van der Waals surface area contributed by atoms with Gasteiger partial charge in [0, 0.05) is 0 Å². The lowest BCUT2D eigenvalue weighted by molar-refractivity contribution is -0.135. The second-order valence-electron chi connectivity index (χ2n) is 1.82. The lowest BCUT2D eigenvalue weighted by Crippen LogP contribution is -2.16. The minimum absolute atomic E-state index is 0.0950. The van der Waals surface area contributed by atoms with E-state index in [9.17, 15) is 9.59 Å². The summed E-state index contributed by atoms with van der Waals surface area (Å²) >= 11 is 0. The first-order valence-corrected chi connectivity index (χ1v) is 3.55. The summed E-state index contributed by atoms with van der Waals surface area (Å²) in [5.41, 5.74) is -0.655. The molecule has 0 amide bonds. The molecule has 76 valence electrons. The van der Waals surface area contributed by atoms with E-state index in [1.165, 1.54) is 6.07 Å². The van der Waals surface area contributed by atoms with Crippen LogP contribution in [0.2, 0.25) is 0 Å². The van der Waals surface area contributed by atoms with Gasteiger partial charge in [-0.3, -0.25) is 4.84 Å². The van der Waals surface area contributed by atoms with Crippen molar-refractivity contribution in [3.8, 4) is 6.07 Å². The van der Waals surface area contributed by atoms with Crippen LogP contribution < -0.4 is 0 Å². The predicted molar refractivity (Wildman–Crippen MR) is 43.2 cm³/mol. The Morgan fingerprint density at radius 3 is 2.57 bits per heavy atom. The van der Waals surface area contributed by atoms with Crippen LogP contribution in [0.25, 0.3) is 0 Å². The molecule has 0 fully saturated rings. The summed E-state index contributed by atoms with van der Waals surface area (Å²) in [4.78, 5) is 25.3. The molecule has 0 N–H and O–H groups in total. The number of carbonyl (C=O) groups excluding carboxylic acids is 2. The maximum atomic E-state index is 10.9. The first-order chi connectivity index (χ1) is 6.65. The number of methoxy groups -OCH3 is 1. The van der Waals surface area contributed by atoms with Gasteiger partial charge < -0.3 is 9.47 Å². The molecule has 0 rings (SSSR count). The van der Waals surface area contributed by atoms with Crippen molar-refractivity contribution in [3.05, 3.63) is 0 Å². The average molecular weight is 200 g/mol. The zero-order valence-corrected chi connectivity index (χ0v) is 7.64. The van der Waals surface area contributed by atoms with Crippen LogP contribution in [0, 0.1) is 11.3 Å². The Labute approximate surface area is 79.8 Å². The Bertz CT molecular complexity index is 291. The molecule has 0 saturated carbocycles. The third-order valence-corrected chi connectivity index (χ3v) is 0.953. The topological polar surface area (TPSA) is 98.0 Å². The molecule has 0 saturated heterocycles. The van der Waals surface area contributed by atoms with Crippen LogP contribution in [0.5, 0.6) is 0 Å². The van der Waals surface area contributed by atoms with Crippen LogP contribution in [-0.4, -0.2) is 31.6 Å². The summed E-state index contributed by atoms with van der Waals surface area (Å²) < 4.78 is 8.49. The molecule has 0 heterocycles. The summed E-state index contributed by atoms with van der Waals surface area (Å²) in [5, 5.41) is 11.3. The minimum atomic E-state index is -1.12. The van der Waals surface area contributed by atoms with Crippen molar-refractivity contribution < 1.29 is 23.9 Å². The van der Waals surface area contributed by atoms with Crippen LogP contribution >= 0.6 is 0 Å². The maximum absolute atomic E-state index is 10.9. The van der Waals surface area contributed by atoms with E-state index in [1.54, 1.807) is 6.92 Å². The van der Waals surface area contributed by atoms with E-state index >= 15 is 0 Å². The van der Waals surface area contributed by atoms with Gasteiger partial charge in [0.1, 0.15) is 6.07 Å². The highest BCUT2D eigenvalue weighted by molar-refractivity contribution is 6.42. The first kappa shape index (κ1) is 11.9. The van der Waals surface area contributed by atoms with Crippen LogP contribution in [0.4, 0.5) is 4.79 Å². The van der Waals surface area contributed by atoms with Crippen LogP contribution in [0.1, 0.15) is 6.92 Å². The fraction of sp³-hybridized carbons (Fsp3) is 0.429. The van der Waals surface area contributed by atoms with Gasteiger partial charge in [0.2, 0.25) is 0 Å². The molecule has 0 aliphatic carbocycles. The molecule has 0 aromatic carbocycles. The maximum Gasteiger partial charge on any atom is 0.534 e. The zero-order valence-electron chi connectivity index (χ0n) is 7.64. The summed E-state index contributed by atoms with van der Waals surface area (Å²) in [6, 6.07) is 1.41. The third-order valence-electron chi connectivity index (χ3n) is 0.953. The number of esters is 1. The second kappa shape index (κ2) is 6.42. The zero-order chi connectivity index (χ0) is 11.0. The van der Waals surface area contributed by atoms with Crippen molar-refractivity contribution in [2.45, 2.75) is 6.92 Å². The van der Waals surface area contributed by atoms with Gasteiger partial charge in [-0.05, 0) is 6.92 Å². The molecular weight excluding hydrogens is 192 g/mol. The van der Waals surface area contributed by atoms with E-state index in [2.05, 4.69) is 19.5 Å². The number of oxime groups is 1. The van der Waals surface area contributed by atoms with E-state index in [0.717, 1.165) is 7.11 Å². The molecule has 7 heteroatoms. The van der Waals surface area contributed by atoms with Crippen molar-refractivity contribution in [3.63, 3.8) is 0 Å². The van der Waals surface area contributed by atoms with Gasteiger partial charge in [0.05, 0.1) is 13.7 Å². The Hall–Kier alpha value is -2.10. The molecule has 14 heavy (non-hydrogen) atoms. The van der Waals surface area contributed by atoms with Gasteiger partial charge in [-0.25, -0.2) is 9.59 Å². The molecular formula is C7H8N2O5. The average Bonchev–Trinajstić information content (AvgIpc) is 2.18. The smallest absolute Gasteiger partial charge is 0.461 e. The van der Waals surface area contributed by atoms with Crippen molar-refractivity contribution in [1.82, 2.24) is 0 Å². The molecule has 0 unspecified atom stereocenters. The molecule has 0 bridgehead atoms. The van der Waals surface area contributed by atoms with E-state index in [-0.39, 0.29) is 6.61 Å². The fourth-order valence-corrected chi connectivity index (χ4v) is 0.423. The Morgan fingerprint density at radius 2 is 2.14 bits per heavy atom. The summed E-state index contributed by atoms with van der Waals surface area (Å²) in [7, 11) is 1.06. The van der Waals surface area contributed by atoms with Crippen molar-refractivity contribution in [2.24, 2.45) is 5.16 Å². The number of hydrogen-bond donors (Lipinski definition) is 0. The minimum Gasteiger partial charge on any atom is -0.461 e. The monoisotopic (exact) mass is 200 g/mol. The standard InChI is InChI=1S/C7H8N2O5/c1-3-13-6(10)5(4-8)9-14-7(11)12-2/h3H2,1-2H3. The highest BCUT2D eigenvalue weighted by Crippen LogP contribution is 1.89. The quantitative estimate of drug-likeness (QED) is 0.279. The number of ether oxygens (including phenoxy) is 2. The molecule has 0 aliphatic heterocycles. The van der Waals surface area contributed by atoms with Gasteiger partial charge >= 0.3 is 12.1 Å². The van der Waals surface area contributed by atoms with Crippen LogP contribution in [-0.2, 0) is 19.1 Å². The molecule has 0 aromatic rings. The van der Waals surface area contributed by atoms with Crippen LogP contribution in [0.3, 0.4) is 0 Å². The number of rotatable bonds is 3.